The van der Waals surface area contributed by atoms with Crippen LogP contribution in [-0.2, 0) is 4.74 Å². The van der Waals surface area contributed by atoms with Gasteiger partial charge in [-0.1, -0.05) is 20.3 Å². The molecule has 3 heteroatoms. The lowest BCUT2D eigenvalue weighted by atomic mass is 10.1. The van der Waals surface area contributed by atoms with Crippen LogP contribution >= 0.6 is 0 Å². The summed E-state index contributed by atoms with van der Waals surface area (Å²) in [5.74, 6) is 0. The minimum absolute atomic E-state index is 0.307. The van der Waals surface area contributed by atoms with Crippen LogP contribution in [0.1, 0.15) is 56.8 Å². The van der Waals surface area contributed by atoms with Crippen LogP contribution in [0.4, 0.5) is 0 Å². The number of hydrogen-bond acceptors (Lipinski definition) is 3. The topological polar surface area (TPSA) is 34.1 Å². The molecule has 0 spiro atoms. The maximum atomic E-state index is 5.67. The van der Waals surface area contributed by atoms with Gasteiger partial charge < -0.3 is 10.1 Å². The second kappa shape index (κ2) is 9.93. The summed E-state index contributed by atoms with van der Waals surface area (Å²) in [6, 6.07) is 4.51. The number of rotatable bonds is 10. The Labute approximate surface area is 117 Å². The molecule has 0 amide bonds. The zero-order valence-electron chi connectivity index (χ0n) is 12.6. The molecule has 0 aliphatic heterocycles. The number of hydrogen-bond donors (Lipinski definition) is 1. The van der Waals surface area contributed by atoms with E-state index in [0.717, 1.165) is 44.7 Å². The van der Waals surface area contributed by atoms with E-state index in [9.17, 15) is 0 Å². The molecule has 1 heterocycles. The first-order valence-corrected chi connectivity index (χ1v) is 7.51. The standard InChI is InChI=1S/C16H28N2O/c1-4-6-11-19-12-8-15(17-9-5-2)16-13-14(3)7-10-18-16/h7,10,13,15,17H,4-6,8-9,11-12H2,1-3H3. The van der Waals surface area contributed by atoms with E-state index in [1.54, 1.807) is 0 Å². The van der Waals surface area contributed by atoms with Gasteiger partial charge in [0.25, 0.3) is 0 Å². The Morgan fingerprint density at radius 3 is 2.79 bits per heavy atom. The largest absolute Gasteiger partial charge is 0.381 e. The van der Waals surface area contributed by atoms with Crippen LogP contribution in [0.25, 0.3) is 0 Å². The number of aryl methyl sites for hydroxylation is 1. The fraction of sp³-hybridized carbons (Fsp3) is 0.688. The summed E-state index contributed by atoms with van der Waals surface area (Å²) < 4.78 is 5.67. The highest BCUT2D eigenvalue weighted by atomic mass is 16.5. The van der Waals surface area contributed by atoms with Gasteiger partial charge in [0, 0.05) is 19.4 Å². The maximum absolute atomic E-state index is 5.67. The quantitative estimate of drug-likeness (QED) is 0.655. The van der Waals surface area contributed by atoms with E-state index in [4.69, 9.17) is 4.74 Å². The van der Waals surface area contributed by atoms with E-state index in [-0.39, 0.29) is 0 Å². The van der Waals surface area contributed by atoms with Gasteiger partial charge in [-0.25, -0.2) is 0 Å². The van der Waals surface area contributed by atoms with Gasteiger partial charge in [-0.2, -0.15) is 0 Å². The van der Waals surface area contributed by atoms with Crippen molar-refractivity contribution in [3.8, 4) is 0 Å². The fourth-order valence-corrected chi connectivity index (χ4v) is 1.97. The Kier molecular flexibility index (Phi) is 8.43. The number of nitrogens with zero attached hydrogens (tertiary/aromatic N) is 1. The van der Waals surface area contributed by atoms with Crippen molar-refractivity contribution in [3.63, 3.8) is 0 Å². The van der Waals surface area contributed by atoms with Crippen LogP contribution in [0.15, 0.2) is 18.3 Å². The molecule has 0 aliphatic rings. The van der Waals surface area contributed by atoms with Gasteiger partial charge in [0.2, 0.25) is 0 Å². The molecule has 0 saturated carbocycles. The molecule has 0 fully saturated rings. The molecular formula is C16H28N2O. The normalized spacial score (nSPS) is 12.6. The van der Waals surface area contributed by atoms with Crippen molar-refractivity contribution in [1.29, 1.82) is 0 Å². The number of unbranched alkanes of at least 4 members (excludes halogenated alkanes) is 1. The second-order valence-electron chi connectivity index (χ2n) is 5.02. The van der Waals surface area contributed by atoms with E-state index in [1.165, 1.54) is 12.0 Å². The number of nitrogens with one attached hydrogen (secondary N) is 1. The van der Waals surface area contributed by atoms with E-state index >= 15 is 0 Å². The van der Waals surface area contributed by atoms with Crippen molar-refractivity contribution in [1.82, 2.24) is 10.3 Å². The summed E-state index contributed by atoms with van der Waals surface area (Å²) in [6.07, 6.45) is 6.36. The van der Waals surface area contributed by atoms with Gasteiger partial charge in [0.1, 0.15) is 0 Å². The van der Waals surface area contributed by atoms with Crippen LogP contribution in [0.2, 0.25) is 0 Å². The highest BCUT2D eigenvalue weighted by molar-refractivity contribution is 5.17. The number of aromatic nitrogens is 1. The smallest absolute Gasteiger partial charge is 0.0576 e. The van der Waals surface area contributed by atoms with Crippen LogP contribution in [0.5, 0.6) is 0 Å². The highest BCUT2D eigenvalue weighted by Gasteiger charge is 2.11. The summed E-state index contributed by atoms with van der Waals surface area (Å²) in [5, 5.41) is 3.56. The molecule has 108 valence electrons. The van der Waals surface area contributed by atoms with Crippen LogP contribution in [-0.4, -0.2) is 24.7 Å². The second-order valence-corrected chi connectivity index (χ2v) is 5.02. The van der Waals surface area contributed by atoms with Gasteiger partial charge in [0.15, 0.2) is 0 Å². The average molecular weight is 264 g/mol. The molecule has 1 atom stereocenters. The van der Waals surface area contributed by atoms with Gasteiger partial charge in [-0.3, -0.25) is 4.98 Å². The Hall–Kier alpha value is -0.930. The SMILES string of the molecule is CCCCOCCC(NCCC)c1cc(C)ccn1. The number of ether oxygens (including phenoxy) is 1. The van der Waals surface area contributed by atoms with Crippen molar-refractivity contribution in [2.45, 2.75) is 52.5 Å². The van der Waals surface area contributed by atoms with Crippen LogP contribution in [0, 0.1) is 6.92 Å². The summed E-state index contributed by atoms with van der Waals surface area (Å²) in [5.41, 5.74) is 2.40. The minimum Gasteiger partial charge on any atom is -0.381 e. The minimum atomic E-state index is 0.307. The lowest BCUT2D eigenvalue weighted by Crippen LogP contribution is -2.24. The van der Waals surface area contributed by atoms with E-state index in [2.05, 4.69) is 37.1 Å². The van der Waals surface area contributed by atoms with Gasteiger partial charge >= 0.3 is 0 Å². The maximum Gasteiger partial charge on any atom is 0.0576 e. The molecule has 1 rings (SSSR count). The predicted octanol–water partition coefficient (Wildman–Crippen LogP) is 3.64. The lowest BCUT2D eigenvalue weighted by Gasteiger charge is -2.18. The van der Waals surface area contributed by atoms with E-state index < -0.39 is 0 Å². The average Bonchev–Trinajstić information content (AvgIpc) is 2.42. The molecule has 1 aromatic rings. The molecule has 1 N–H and O–H groups in total. The lowest BCUT2D eigenvalue weighted by molar-refractivity contribution is 0.121. The molecule has 19 heavy (non-hydrogen) atoms. The first-order valence-electron chi connectivity index (χ1n) is 7.51. The monoisotopic (exact) mass is 264 g/mol. The van der Waals surface area contributed by atoms with E-state index in [0.29, 0.717) is 6.04 Å². The van der Waals surface area contributed by atoms with Crippen molar-refractivity contribution in [2.75, 3.05) is 19.8 Å². The first kappa shape index (κ1) is 16.1. The summed E-state index contributed by atoms with van der Waals surface area (Å²) in [7, 11) is 0. The molecule has 1 aromatic heterocycles. The summed E-state index contributed by atoms with van der Waals surface area (Å²) in [4.78, 5) is 4.49. The molecule has 0 bridgehead atoms. The molecule has 3 nitrogen and oxygen atoms in total. The van der Waals surface area contributed by atoms with Crippen molar-refractivity contribution in [3.05, 3.63) is 29.6 Å². The third kappa shape index (κ3) is 6.69. The Morgan fingerprint density at radius 2 is 2.11 bits per heavy atom. The highest BCUT2D eigenvalue weighted by Crippen LogP contribution is 2.15. The molecule has 1 unspecified atom stereocenters. The third-order valence-corrected chi connectivity index (χ3v) is 3.13. The van der Waals surface area contributed by atoms with Gasteiger partial charge in [-0.05, 0) is 50.4 Å². The van der Waals surface area contributed by atoms with Crippen molar-refractivity contribution >= 4 is 0 Å². The Bertz CT molecular complexity index is 341. The van der Waals surface area contributed by atoms with Crippen molar-refractivity contribution < 1.29 is 4.74 Å². The predicted molar refractivity (Wildman–Crippen MR) is 80.4 cm³/mol. The van der Waals surface area contributed by atoms with Crippen molar-refractivity contribution in [2.24, 2.45) is 0 Å². The van der Waals surface area contributed by atoms with E-state index in [1.807, 2.05) is 12.3 Å². The summed E-state index contributed by atoms with van der Waals surface area (Å²) >= 11 is 0. The molecule has 0 radical (unpaired) electrons. The first-order chi connectivity index (χ1) is 9.27. The third-order valence-electron chi connectivity index (χ3n) is 3.13. The van der Waals surface area contributed by atoms with Gasteiger partial charge in [-0.15, -0.1) is 0 Å². The summed E-state index contributed by atoms with van der Waals surface area (Å²) in [6.45, 7) is 9.18. The Morgan fingerprint density at radius 1 is 1.26 bits per heavy atom. The zero-order chi connectivity index (χ0) is 13.9. The Balaban J connectivity index is 2.47. The van der Waals surface area contributed by atoms with Gasteiger partial charge in [0.05, 0.1) is 11.7 Å². The number of pyridine rings is 1. The molecule has 0 saturated heterocycles. The molecule has 0 aliphatic carbocycles. The fourth-order valence-electron chi connectivity index (χ4n) is 1.97. The molecule has 0 aromatic carbocycles. The zero-order valence-corrected chi connectivity index (χ0v) is 12.6. The van der Waals surface area contributed by atoms with Crippen LogP contribution in [0.3, 0.4) is 0 Å². The molecular weight excluding hydrogens is 236 g/mol. The van der Waals surface area contributed by atoms with Crippen LogP contribution < -0.4 is 5.32 Å².